The van der Waals surface area contributed by atoms with E-state index in [-0.39, 0.29) is 16.5 Å². The largest absolute Gasteiger partial charge is 0.334 e. The maximum atomic E-state index is 13.1. The minimum absolute atomic E-state index is 0.0914. The van der Waals surface area contributed by atoms with Gasteiger partial charge in [0.05, 0.1) is 11.1 Å². The number of hydrogen-bond acceptors (Lipinski definition) is 2. The van der Waals surface area contributed by atoms with E-state index in [4.69, 9.17) is 11.6 Å². The molecule has 112 valence electrons. The smallest absolute Gasteiger partial charge is 0.252 e. The van der Waals surface area contributed by atoms with E-state index in [0.717, 1.165) is 31.7 Å². The van der Waals surface area contributed by atoms with Gasteiger partial charge < -0.3 is 5.32 Å². The number of rotatable bonds is 2. The summed E-state index contributed by atoms with van der Waals surface area (Å²) in [5.74, 6) is -0.937. The molecule has 2 rings (SSSR count). The molecule has 1 aliphatic rings. The van der Waals surface area contributed by atoms with Gasteiger partial charge in [0.1, 0.15) is 11.4 Å². The lowest BCUT2D eigenvalue weighted by molar-refractivity contribution is 0.0907. The van der Waals surface area contributed by atoms with Gasteiger partial charge >= 0.3 is 0 Å². The average Bonchev–Trinajstić information content (AvgIpc) is 2.45. The van der Waals surface area contributed by atoms with Gasteiger partial charge in [0, 0.05) is 5.56 Å². The first-order valence-electron chi connectivity index (χ1n) is 7.25. The molecule has 21 heavy (non-hydrogen) atoms. The molecule has 1 amide bonds. The summed E-state index contributed by atoms with van der Waals surface area (Å²) in [4.78, 5) is 12.3. The van der Waals surface area contributed by atoms with Gasteiger partial charge in [-0.25, -0.2) is 4.39 Å². The van der Waals surface area contributed by atoms with Crippen LogP contribution in [0.4, 0.5) is 4.39 Å². The minimum Gasteiger partial charge on any atom is -0.334 e. The van der Waals surface area contributed by atoms with Gasteiger partial charge in [-0.2, -0.15) is 5.26 Å². The number of carbonyl (C=O) groups excluding carboxylic acids is 1. The van der Waals surface area contributed by atoms with Crippen LogP contribution in [0.5, 0.6) is 0 Å². The third-order valence-corrected chi connectivity index (χ3v) is 4.25. The van der Waals surface area contributed by atoms with Gasteiger partial charge in [-0.15, -0.1) is 0 Å². The number of nitriles is 1. The van der Waals surface area contributed by atoms with Crippen LogP contribution < -0.4 is 5.32 Å². The molecule has 0 unspecified atom stereocenters. The zero-order valence-corrected chi connectivity index (χ0v) is 12.5. The maximum absolute atomic E-state index is 13.1. The summed E-state index contributed by atoms with van der Waals surface area (Å²) in [6, 6.07) is 6.11. The highest BCUT2D eigenvalue weighted by atomic mass is 35.5. The Labute approximate surface area is 129 Å². The lowest BCUT2D eigenvalue weighted by atomic mass is 9.85. The second-order valence-electron chi connectivity index (χ2n) is 5.54. The van der Waals surface area contributed by atoms with Crippen molar-refractivity contribution in [3.63, 3.8) is 0 Å². The number of halogens is 2. The monoisotopic (exact) mass is 308 g/mol. The summed E-state index contributed by atoms with van der Waals surface area (Å²) in [6.45, 7) is 0. The Hall–Kier alpha value is -1.60. The molecule has 1 saturated carbocycles. The van der Waals surface area contributed by atoms with Crippen molar-refractivity contribution in [2.75, 3.05) is 0 Å². The van der Waals surface area contributed by atoms with E-state index in [1.54, 1.807) is 0 Å². The van der Waals surface area contributed by atoms with Crippen molar-refractivity contribution in [1.29, 1.82) is 5.26 Å². The van der Waals surface area contributed by atoms with E-state index >= 15 is 0 Å². The summed E-state index contributed by atoms with van der Waals surface area (Å²) < 4.78 is 13.1. The Kier molecular flexibility index (Phi) is 5.19. The van der Waals surface area contributed by atoms with Gasteiger partial charge in [-0.3, -0.25) is 4.79 Å². The normalized spacial score (nSPS) is 18.1. The molecule has 0 heterocycles. The van der Waals surface area contributed by atoms with Crippen molar-refractivity contribution in [3.8, 4) is 6.07 Å². The zero-order valence-electron chi connectivity index (χ0n) is 11.8. The van der Waals surface area contributed by atoms with Gasteiger partial charge in [0.15, 0.2) is 0 Å². The fourth-order valence-corrected chi connectivity index (χ4v) is 2.88. The van der Waals surface area contributed by atoms with Crippen LogP contribution in [0.2, 0.25) is 5.02 Å². The Bertz CT molecular complexity index is 560. The number of nitrogens with one attached hydrogen (secondary N) is 1. The predicted octanol–water partition coefficient (Wildman–Crippen LogP) is 4.22. The average molecular weight is 309 g/mol. The van der Waals surface area contributed by atoms with E-state index in [1.165, 1.54) is 18.6 Å². The summed E-state index contributed by atoms with van der Waals surface area (Å²) in [7, 11) is 0. The van der Waals surface area contributed by atoms with Crippen LogP contribution in [-0.4, -0.2) is 11.4 Å². The molecule has 0 bridgehead atoms. The van der Waals surface area contributed by atoms with E-state index in [0.29, 0.717) is 12.8 Å². The van der Waals surface area contributed by atoms with Crippen molar-refractivity contribution in [1.82, 2.24) is 5.32 Å². The number of carbonyl (C=O) groups is 1. The number of nitrogens with zero attached hydrogens (tertiary/aromatic N) is 1. The molecule has 0 radical (unpaired) electrons. The third kappa shape index (κ3) is 3.95. The predicted molar refractivity (Wildman–Crippen MR) is 79.5 cm³/mol. The van der Waals surface area contributed by atoms with E-state index in [1.807, 2.05) is 0 Å². The minimum atomic E-state index is -0.821. The second-order valence-corrected chi connectivity index (χ2v) is 5.95. The molecule has 1 aromatic carbocycles. The number of amides is 1. The molecule has 0 saturated heterocycles. The molecule has 0 aliphatic heterocycles. The standard InChI is InChI=1S/C16H18ClFN2O/c17-13-10-12(6-7-14(13)18)15(21)20-16(11-19)8-4-2-1-3-5-9-16/h6-7,10H,1-5,8-9H2,(H,20,21). The van der Waals surface area contributed by atoms with Crippen molar-refractivity contribution < 1.29 is 9.18 Å². The van der Waals surface area contributed by atoms with Gasteiger partial charge in [0.2, 0.25) is 0 Å². The SMILES string of the molecule is N#CC1(NC(=O)c2ccc(F)c(Cl)c2)CCCCCCC1. The van der Waals surface area contributed by atoms with Crippen LogP contribution in [0.1, 0.15) is 55.3 Å². The summed E-state index contributed by atoms with van der Waals surface area (Å²) in [6.07, 6.45) is 6.52. The van der Waals surface area contributed by atoms with Crippen LogP contribution in [0, 0.1) is 17.1 Å². The molecule has 0 atom stereocenters. The highest BCUT2D eigenvalue weighted by Gasteiger charge is 2.32. The topological polar surface area (TPSA) is 52.9 Å². The lowest BCUT2D eigenvalue weighted by Crippen LogP contribution is -2.47. The van der Waals surface area contributed by atoms with E-state index < -0.39 is 11.4 Å². The van der Waals surface area contributed by atoms with Crippen LogP contribution >= 0.6 is 11.6 Å². The Balaban J connectivity index is 2.14. The Morgan fingerprint density at radius 2 is 1.86 bits per heavy atom. The Morgan fingerprint density at radius 3 is 2.43 bits per heavy atom. The second kappa shape index (κ2) is 6.91. The molecule has 1 aliphatic carbocycles. The molecule has 1 fully saturated rings. The lowest BCUT2D eigenvalue weighted by Gasteiger charge is -2.29. The van der Waals surface area contributed by atoms with Crippen molar-refractivity contribution >= 4 is 17.5 Å². The Morgan fingerprint density at radius 1 is 1.24 bits per heavy atom. The molecular formula is C16H18ClFN2O. The molecule has 3 nitrogen and oxygen atoms in total. The quantitative estimate of drug-likeness (QED) is 0.889. The van der Waals surface area contributed by atoms with Crippen LogP contribution in [0.3, 0.4) is 0 Å². The molecule has 1 aromatic rings. The number of hydrogen-bond donors (Lipinski definition) is 1. The highest BCUT2D eigenvalue weighted by molar-refractivity contribution is 6.31. The fraction of sp³-hybridized carbons (Fsp3) is 0.500. The molecule has 0 aromatic heterocycles. The highest BCUT2D eigenvalue weighted by Crippen LogP contribution is 2.26. The van der Waals surface area contributed by atoms with E-state index in [9.17, 15) is 14.4 Å². The number of benzene rings is 1. The molecule has 0 spiro atoms. The first-order chi connectivity index (χ1) is 10.1. The van der Waals surface area contributed by atoms with Crippen LogP contribution in [0.15, 0.2) is 18.2 Å². The van der Waals surface area contributed by atoms with Gasteiger partial charge in [-0.05, 0) is 31.0 Å². The zero-order chi connectivity index (χ0) is 15.3. The van der Waals surface area contributed by atoms with E-state index in [2.05, 4.69) is 11.4 Å². The summed E-state index contributed by atoms with van der Waals surface area (Å²) in [5.41, 5.74) is -0.545. The van der Waals surface area contributed by atoms with Crippen LogP contribution in [0.25, 0.3) is 0 Å². The van der Waals surface area contributed by atoms with Gasteiger partial charge in [-0.1, -0.05) is 43.7 Å². The van der Waals surface area contributed by atoms with Gasteiger partial charge in [0.25, 0.3) is 5.91 Å². The van der Waals surface area contributed by atoms with Crippen molar-refractivity contribution in [3.05, 3.63) is 34.6 Å². The summed E-state index contributed by atoms with van der Waals surface area (Å²) in [5, 5.41) is 12.2. The summed E-state index contributed by atoms with van der Waals surface area (Å²) >= 11 is 5.70. The maximum Gasteiger partial charge on any atom is 0.252 e. The molecule has 5 heteroatoms. The first kappa shape index (κ1) is 15.8. The van der Waals surface area contributed by atoms with Crippen molar-refractivity contribution in [2.24, 2.45) is 0 Å². The van der Waals surface area contributed by atoms with Crippen LogP contribution in [-0.2, 0) is 0 Å². The van der Waals surface area contributed by atoms with Crippen molar-refractivity contribution in [2.45, 2.75) is 50.5 Å². The third-order valence-electron chi connectivity index (χ3n) is 3.96. The first-order valence-corrected chi connectivity index (χ1v) is 7.63. The molecular weight excluding hydrogens is 291 g/mol. The molecule has 1 N–H and O–H groups in total. The fourth-order valence-electron chi connectivity index (χ4n) is 2.70.